The molecular formula is C13H17N5O2. The summed E-state index contributed by atoms with van der Waals surface area (Å²) in [5.41, 5.74) is 7.02. The molecule has 20 heavy (non-hydrogen) atoms. The van der Waals surface area contributed by atoms with Crippen molar-refractivity contribution in [2.75, 3.05) is 6.61 Å². The molecule has 0 saturated carbocycles. The Balaban J connectivity index is 2.23. The van der Waals surface area contributed by atoms with Crippen molar-refractivity contribution in [3.8, 4) is 5.69 Å². The standard InChI is InChI=1S/C13H17N5O2/c1-3-20-12(19)8-13(2,14)10-5-4-6-11(7-10)18-9-15-16-17-18/h4-7,9H,3,8,14H2,1-2H3. The summed E-state index contributed by atoms with van der Waals surface area (Å²) < 4.78 is 6.48. The first-order valence-electron chi connectivity index (χ1n) is 6.31. The van der Waals surface area contributed by atoms with Crippen LogP contribution in [0.15, 0.2) is 30.6 Å². The van der Waals surface area contributed by atoms with Gasteiger partial charge in [-0.1, -0.05) is 12.1 Å². The average Bonchev–Trinajstić information content (AvgIpc) is 2.92. The fraction of sp³-hybridized carbons (Fsp3) is 0.385. The van der Waals surface area contributed by atoms with Crippen LogP contribution in [0, 0.1) is 0 Å². The van der Waals surface area contributed by atoms with E-state index in [1.807, 2.05) is 24.3 Å². The molecule has 0 saturated heterocycles. The van der Waals surface area contributed by atoms with Gasteiger partial charge in [-0.25, -0.2) is 4.68 Å². The highest BCUT2D eigenvalue weighted by molar-refractivity contribution is 5.71. The Hall–Kier alpha value is -2.28. The second-order valence-electron chi connectivity index (χ2n) is 4.70. The third kappa shape index (κ3) is 3.18. The van der Waals surface area contributed by atoms with Crippen molar-refractivity contribution >= 4 is 5.97 Å². The van der Waals surface area contributed by atoms with E-state index in [-0.39, 0.29) is 12.4 Å². The van der Waals surface area contributed by atoms with Gasteiger partial charge in [-0.2, -0.15) is 0 Å². The molecule has 1 aromatic carbocycles. The molecule has 1 heterocycles. The molecular weight excluding hydrogens is 258 g/mol. The van der Waals surface area contributed by atoms with Crippen LogP contribution in [0.5, 0.6) is 0 Å². The van der Waals surface area contributed by atoms with E-state index in [9.17, 15) is 4.79 Å². The Morgan fingerprint density at radius 2 is 2.30 bits per heavy atom. The monoisotopic (exact) mass is 275 g/mol. The lowest BCUT2D eigenvalue weighted by molar-refractivity contribution is -0.144. The first kappa shape index (κ1) is 14.1. The molecule has 2 aromatic rings. The molecule has 0 fully saturated rings. The Morgan fingerprint density at radius 1 is 1.50 bits per heavy atom. The summed E-state index contributed by atoms with van der Waals surface area (Å²) in [5, 5.41) is 11.0. The lowest BCUT2D eigenvalue weighted by Crippen LogP contribution is -2.36. The quantitative estimate of drug-likeness (QED) is 0.810. The zero-order valence-electron chi connectivity index (χ0n) is 11.5. The second kappa shape index (κ2) is 5.79. The molecule has 0 aliphatic rings. The van der Waals surface area contributed by atoms with Gasteiger partial charge in [-0.05, 0) is 42.0 Å². The number of nitrogens with two attached hydrogens (primary N) is 1. The lowest BCUT2D eigenvalue weighted by atomic mass is 9.89. The molecule has 2 rings (SSSR count). The van der Waals surface area contributed by atoms with Crippen molar-refractivity contribution in [1.29, 1.82) is 0 Å². The van der Waals surface area contributed by atoms with Gasteiger partial charge in [-0.3, -0.25) is 4.79 Å². The van der Waals surface area contributed by atoms with Crippen molar-refractivity contribution in [2.45, 2.75) is 25.8 Å². The minimum atomic E-state index is -0.809. The Morgan fingerprint density at radius 3 is 2.95 bits per heavy atom. The molecule has 0 aliphatic carbocycles. The maximum atomic E-state index is 11.6. The summed E-state index contributed by atoms with van der Waals surface area (Å²) in [6, 6.07) is 7.44. The van der Waals surface area contributed by atoms with Crippen LogP contribution in [0.1, 0.15) is 25.8 Å². The zero-order chi connectivity index (χ0) is 14.6. The molecule has 2 N–H and O–H groups in total. The molecule has 0 aliphatic heterocycles. The second-order valence-corrected chi connectivity index (χ2v) is 4.70. The smallest absolute Gasteiger partial charge is 0.307 e. The van der Waals surface area contributed by atoms with Crippen molar-refractivity contribution in [2.24, 2.45) is 5.73 Å². The number of benzene rings is 1. The van der Waals surface area contributed by atoms with Gasteiger partial charge >= 0.3 is 5.97 Å². The topological polar surface area (TPSA) is 95.9 Å². The van der Waals surface area contributed by atoms with Gasteiger partial charge in [0.1, 0.15) is 6.33 Å². The number of rotatable bonds is 5. The van der Waals surface area contributed by atoms with E-state index in [0.29, 0.717) is 6.61 Å². The van der Waals surface area contributed by atoms with Crippen LogP contribution >= 0.6 is 0 Å². The molecule has 0 radical (unpaired) electrons. The van der Waals surface area contributed by atoms with E-state index in [4.69, 9.17) is 10.5 Å². The molecule has 1 unspecified atom stereocenters. The molecule has 0 bridgehead atoms. The molecule has 0 amide bonds. The van der Waals surface area contributed by atoms with Gasteiger partial charge in [-0.15, -0.1) is 5.10 Å². The average molecular weight is 275 g/mol. The number of aromatic nitrogens is 4. The number of hydrogen-bond donors (Lipinski definition) is 1. The number of ether oxygens (including phenoxy) is 1. The maximum Gasteiger partial charge on any atom is 0.307 e. The van der Waals surface area contributed by atoms with Crippen LogP contribution in [-0.4, -0.2) is 32.8 Å². The van der Waals surface area contributed by atoms with Gasteiger partial charge in [0.05, 0.1) is 18.7 Å². The molecule has 0 spiro atoms. The van der Waals surface area contributed by atoms with Crippen molar-refractivity contribution < 1.29 is 9.53 Å². The SMILES string of the molecule is CCOC(=O)CC(C)(N)c1cccc(-n2cnnn2)c1. The predicted molar refractivity (Wildman–Crippen MR) is 71.9 cm³/mol. The summed E-state index contributed by atoms with van der Waals surface area (Å²) in [5.74, 6) is -0.315. The van der Waals surface area contributed by atoms with E-state index < -0.39 is 5.54 Å². The van der Waals surface area contributed by atoms with Gasteiger partial charge < -0.3 is 10.5 Å². The van der Waals surface area contributed by atoms with Crippen LogP contribution < -0.4 is 5.73 Å². The number of carbonyl (C=O) groups excluding carboxylic acids is 1. The summed E-state index contributed by atoms with van der Waals surface area (Å²) in [6.07, 6.45) is 1.61. The molecule has 7 heteroatoms. The van der Waals surface area contributed by atoms with Crippen molar-refractivity contribution in [3.63, 3.8) is 0 Å². The van der Waals surface area contributed by atoms with Gasteiger partial charge in [0.2, 0.25) is 0 Å². The van der Waals surface area contributed by atoms with E-state index in [2.05, 4.69) is 15.5 Å². The van der Waals surface area contributed by atoms with Crippen LogP contribution in [0.2, 0.25) is 0 Å². The largest absolute Gasteiger partial charge is 0.466 e. The predicted octanol–water partition coefficient (Wildman–Crippen LogP) is 0.789. The summed E-state index contributed by atoms with van der Waals surface area (Å²) in [7, 11) is 0. The summed E-state index contributed by atoms with van der Waals surface area (Å²) >= 11 is 0. The van der Waals surface area contributed by atoms with Gasteiger partial charge in [0.15, 0.2) is 0 Å². The Bertz CT molecular complexity index is 580. The van der Waals surface area contributed by atoms with Crippen LogP contribution in [0.4, 0.5) is 0 Å². The minimum absolute atomic E-state index is 0.111. The lowest BCUT2D eigenvalue weighted by Gasteiger charge is -2.24. The Kier molecular flexibility index (Phi) is 4.09. The van der Waals surface area contributed by atoms with Gasteiger partial charge in [0, 0.05) is 5.54 Å². The number of nitrogens with zero attached hydrogens (tertiary/aromatic N) is 4. The van der Waals surface area contributed by atoms with Crippen LogP contribution in [0.3, 0.4) is 0 Å². The minimum Gasteiger partial charge on any atom is -0.466 e. The van der Waals surface area contributed by atoms with Crippen molar-refractivity contribution in [1.82, 2.24) is 20.2 Å². The first-order chi connectivity index (χ1) is 9.53. The first-order valence-corrected chi connectivity index (χ1v) is 6.31. The Labute approximate surface area is 116 Å². The summed E-state index contributed by atoms with van der Waals surface area (Å²) in [6.45, 7) is 3.91. The highest BCUT2D eigenvalue weighted by atomic mass is 16.5. The third-order valence-electron chi connectivity index (χ3n) is 2.94. The molecule has 1 aromatic heterocycles. The fourth-order valence-electron chi connectivity index (χ4n) is 1.90. The zero-order valence-corrected chi connectivity index (χ0v) is 11.5. The number of carbonyl (C=O) groups is 1. The highest BCUT2D eigenvalue weighted by Crippen LogP contribution is 2.24. The maximum absolute atomic E-state index is 11.6. The molecule has 7 nitrogen and oxygen atoms in total. The highest BCUT2D eigenvalue weighted by Gasteiger charge is 2.26. The third-order valence-corrected chi connectivity index (χ3v) is 2.94. The number of tetrazole rings is 1. The van der Waals surface area contributed by atoms with Gasteiger partial charge in [0.25, 0.3) is 0 Å². The van der Waals surface area contributed by atoms with E-state index in [0.717, 1.165) is 11.3 Å². The van der Waals surface area contributed by atoms with Crippen LogP contribution in [0.25, 0.3) is 5.69 Å². The molecule has 106 valence electrons. The summed E-state index contributed by atoms with van der Waals surface area (Å²) in [4.78, 5) is 11.6. The normalized spacial score (nSPS) is 13.8. The fourth-order valence-corrected chi connectivity index (χ4v) is 1.90. The van der Waals surface area contributed by atoms with E-state index in [1.165, 1.54) is 11.0 Å². The number of esters is 1. The molecule has 1 atom stereocenters. The van der Waals surface area contributed by atoms with Crippen LogP contribution in [-0.2, 0) is 15.1 Å². The van der Waals surface area contributed by atoms with E-state index >= 15 is 0 Å². The van der Waals surface area contributed by atoms with E-state index in [1.54, 1.807) is 13.8 Å². The number of hydrogen-bond acceptors (Lipinski definition) is 6. The van der Waals surface area contributed by atoms with Crippen molar-refractivity contribution in [3.05, 3.63) is 36.2 Å².